The van der Waals surface area contributed by atoms with E-state index in [1.54, 1.807) is 17.0 Å². The average molecular weight is 690 g/mol. The average Bonchev–Trinajstić information content (AvgIpc) is 3.55. The van der Waals surface area contributed by atoms with E-state index in [2.05, 4.69) is 26.1 Å². The van der Waals surface area contributed by atoms with Crippen molar-refractivity contribution in [2.24, 2.45) is 5.14 Å². The topological polar surface area (TPSA) is 113 Å². The minimum atomic E-state index is -3.82. The zero-order valence-electron chi connectivity index (χ0n) is 25.0. The molecule has 1 saturated heterocycles. The molecule has 2 amide bonds. The Morgan fingerprint density at radius 3 is 2.20 bits per heavy atom. The van der Waals surface area contributed by atoms with Gasteiger partial charge in [-0.25, -0.2) is 13.6 Å². The molecule has 3 N–H and O–H groups in total. The van der Waals surface area contributed by atoms with E-state index in [-0.39, 0.29) is 29.7 Å². The number of halogens is 1. The van der Waals surface area contributed by atoms with Crippen molar-refractivity contribution < 1.29 is 18.0 Å². The number of hydrogen-bond donors (Lipinski definition) is 2. The first-order valence-corrected chi connectivity index (χ1v) is 17.3. The van der Waals surface area contributed by atoms with Gasteiger partial charge in [0.2, 0.25) is 15.9 Å². The number of sulfonamides is 1. The normalized spacial score (nSPS) is 13.5. The molecule has 1 fully saturated rings. The molecular formula is C35H37BrN4O4S. The number of primary sulfonamides is 1. The summed E-state index contributed by atoms with van der Waals surface area (Å²) in [6.07, 6.45) is 2.64. The fraction of sp³-hybridized carbons (Fsp3) is 0.257. The van der Waals surface area contributed by atoms with E-state index in [0.29, 0.717) is 18.7 Å². The van der Waals surface area contributed by atoms with Crippen LogP contribution in [0.1, 0.15) is 39.9 Å². The van der Waals surface area contributed by atoms with E-state index in [9.17, 15) is 18.0 Å². The van der Waals surface area contributed by atoms with Crippen LogP contribution in [0, 0.1) is 0 Å². The van der Waals surface area contributed by atoms with Gasteiger partial charge in [0.15, 0.2) is 0 Å². The Morgan fingerprint density at radius 1 is 0.822 bits per heavy atom. The SMILES string of the molecule is NS(=O)(=O)c1ccc(CN(Cc2cccc(-c3cccc(C(=O)NCCN4CCCC4)c3)c2)C(=O)Cc2ccccc2Br)cc1. The van der Waals surface area contributed by atoms with Gasteiger partial charge in [-0.15, -0.1) is 0 Å². The van der Waals surface area contributed by atoms with E-state index in [4.69, 9.17) is 5.14 Å². The first-order valence-electron chi connectivity index (χ1n) is 15.0. The number of rotatable bonds is 12. The second-order valence-electron chi connectivity index (χ2n) is 11.3. The van der Waals surface area contributed by atoms with Crippen molar-refractivity contribution in [3.63, 3.8) is 0 Å². The molecule has 45 heavy (non-hydrogen) atoms. The Hall–Kier alpha value is -3.83. The van der Waals surface area contributed by atoms with Crippen LogP contribution in [-0.4, -0.2) is 56.2 Å². The molecule has 5 rings (SSSR count). The molecule has 234 valence electrons. The Labute approximate surface area is 273 Å². The van der Waals surface area contributed by atoms with Crippen LogP contribution < -0.4 is 10.5 Å². The molecule has 8 nitrogen and oxygen atoms in total. The number of nitrogens with two attached hydrogens (primary N) is 1. The van der Waals surface area contributed by atoms with Crippen molar-refractivity contribution in [3.05, 3.63) is 124 Å². The zero-order valence-corrected chi connectivity index (χ0v) is 27.4. The van der Waals surface area contributed by atoms with Gasteiger partial charge < -0.3 is 15.1 Å². The number of carbonyl (C=O) groups is 2. The van der Waals surface area contributed by atoms with Gasteiger partial charge in [-0.2, -0.15) is 0 Å². The van der Waals surface area contributed by atoms with E-state index in [1.807, 2.05) is 72.8 Å². The van der Waals surface area contributed by atoms with E-state index in [1.165, 1.54) is 25.0 Å². The molecule has 0 bridgehead atoms. The molecule has 0 aromatic heterocycles. The molecule has 0 saturated carbocycles. The Bertz CT molecular complexity index is 1760. The van der Waals surface area contributed by atoms with Crippen molar-refractivity contribution >= 4 is 37.8 Å². The van der Waals surface area contributed by atoms with E-state index < -0.39 is 10.0 Å². The summed E-state index contributed by atoms with van der Waals surface area (Å²) in [7, 11) is -3.82. The molecule has 0 aliphatic carbocycles. The number of benzene rings is 4. The first-order chi connectivity index (χ1) is 21.7. The first kappa shape index (κ1) is 32.6. The van der Waals surface area contributed by atoms with Gasteiger partial charge in [0.1, 0.15) is 0 Å². The Balaban J connectivity index is 1.33. The minimum Gasteiger partial charge on any atom is -0.351 e. The molecular weight excluding hydrogens is 652 g/mol. The summed E-state index contributed by atoms with van der Waals surface area (Å²) in [5, 5.41) is 8.32. The van der Waals surface area contributed by atoms with Crippen molar-refractivity contribution in [3.8, 4) is 11.1 Å². The maximum atomic E-state index is 13.7. The smallest absolute Gasteiger partial charge is 0.251 e. The maximum Gasteiger partial charge on any atom is 0.251 e. The molecule has 4 aromatic rings. The number of hydrogen-bond acceptors (Lipinski definition) is 5. The molecule has 0 unspecified atom stereocenters. The van der Waals surface area contributed by atoms with E-state index >= 15 is 0 Å². The third kappa shape index (κ3) is 9.11. The van der Waals surface area contributed by atoms with Crippen LogP contribution in [0.15, 0.2) is 106 Å². The van der Waals surface area contributed by atoms with Crippen LogP contribution in [0.4, 0.5) is 0 Å². The summed E-state index contributed by atoms with van der Waals surface area (Å²) in [5.41, 5.74) is 5.04. The van der Waals surface area contributed by atoms with Crippen molar-refractivity contribution in [1.82, 2.24) is 15.1 Å². The highest BCUT2D eigenvalue weighted by atomic mass is 79.9. The largest absolute Gasteiger partial charge is 0.351 e. The summed E-state index contributed by atoms with van der Waals surface area (Å²) in [6.45, 7) is 4.29. The van der Waals surface area contributed by atoms with Gasteiger partial charge in [-0.05, 0) is 90.1 Å². The van der Waals surface area contributed by atoms with Crippen LogP contribution in [0.25, 0.3) is 11.1 Å². The van der Waals surface area contributed by atoms with Crippen LogP contribution in [0.2, 0.25) is 0 Å². The standard InChI is InChI=1S/C35H37BrN4O4S/c36-33-12-2-1-8-30(33)23-34(41)40(24-26-13-15-32(16-14-26)45(37,43)44)25-27-7-5-9-28(21-27)29-10-6-11-31(22-29)35(42)38-17-20-39-18-3-4-19-39/h1-2,5-16,21-22H,3-4,17-20,23-25H2,(H,38,42)(H2,37,43,44). The summed E-state index contributed by atoms with van der Waals surface area (Å²) < 4.78 is 24.3. The number of nitrogens with zero attached hydrogens (tertiary/aromatic N) is 2. The quantitative estimate of drug-likeness (QED) is 0.208. The predicted octanol–water partition coefficient (Wildman–Crippen LogP) is 5.36. The molecule has 0 radical (unpaired) electrons. The van der Waals surface area contributed by atoms with Crippen molar-refractivity contribution in [2.45, 2.75) is 37.2 Å². The van der Waals surface area contributed by atoms with Gasteiger partial charge in [-0.3, -0.25) is 9.59 Å². The summed E-state index contributed by atoms with van der Waals surface area (Å²) >= 11 is 3.54. The molecule has 10 heteroatoms. The number of amides is 2. The lowest BCUT2D eigenvalue weighted by Crippen LogP contribution is -2.33. The highest BCUT2D eigenvalue weighted by Crippen LogP contribution is 2.24. The second kappa shape index (κ2) is 15.0. The predicted molar refractivity (Wildman–Crippen MR) is 180 cm³/mol. The Kier molecular flexibility index (Phi) is 10.8. The van der Waals surface area contributed by atoms with Crippen LogP contribution in [-0.2, 0) is 34.3 Å². The van der Waals surface area contributed by atoms with Gasteiger partial charge >= 0.3 is 0 Å². The molecule has 1 aliphatic rings. The highest BCUT2D eigenvalue weighted by molar-refractivity contribution is 9.10. The van der Waals surface area contributed by atoms with Crippen molar-refractivity contribution in [1.29, 1.82) is 0 Å². The molecule has 1 heterocycles. The minimum absolute atomic E-state index is 0.0209. The summed E-state index contributed by atoms with van der Waals surface area (Å²) in [5.74, 6) is -0.167. The lowest BCUT2D eigenvalue weighted by atomic mass is 10.0. The van der Waals surface area contributed by atoms with Gasteiger partial charge in [0.25, 0.3) is 5.91 Å². The monoisotopic (exact) mass is 688 g/mol. The molecule has 0 atom stereocenters. The summed E-state index contributed by atoms with van der Waals surface area (Å²) in [4.78, 5) is 30.7. The second-order valence-corrected chi connectivity index (χ2v) is 13.7. The highest BCUT2D eigenvalue weighted by Gasteiger charge is 2.18. The van der Waals surface area contributed by atoms with Crippen LogP contribution in [0.5, 0.6) is 0 Å². The van der Waals surface area contributed by atoms with Crippen LogP contribution in [0.3, 0.4) is 0 Å². The fourth-order valence-corrected chi connectivity index (χ4v) is 6.44. The van der Waals surface area contributed by atoms with Gasteiger partial charge in [-0.1, -0.05) is 76.6 Å². The summed E-state index contributed by atoms with van der Waals surface area (Å²) in [6, 6.07) is 29.4. The number of likely N-dealkylation sites (tertiary alicyclic amines) is 1. The Morgan fingerprint density at radius 2 is 1.49 bits per heavy atom. The zero-order chi connectivity index (χ0) is 31.8. The fourth-order valence-electron chi connectivity index (χ4n) is 5.50. The van der Waals surface area contributed by atoms with E-state index in [0.717, 1.165) is 51.9 Å². The lowest BCUT2D eigenvalue weighted by Gasteiger charge is -2.24. The maximum absolute atomic E-state index is 13.7. The molecule has 1 aliphatic heterocycles. The van der Waals surface area contributed by atoms with Gasteiger partial charge in [0.05, 0.1) is 11.3 Å². The van der Waals surface area contributed by atoms with Crippen molar-refractivity contribution in [2.75, 3.05) is 26.2 Å². The van der Waals surface area contributed by atoms with Gasteiger partial charge in [0, 0.05) is 36.2 Å². The third-order valence-electron chi connectivity index (χ3n) is 7.95. The number of nitrogens with one attached hydrogen (secondary N) is 1. The molecule has 4 aromatic carbocycles. The number of carbonyl (C=O) groups excluding carboxylic acids is 2. The third-order valence-corrected chi connectivity index (χ3v) is 9.65. The molecule has 0 spiro atoms. The van der Waals surface area contributed by atoms with Crippen LogP contribution >= 0.6 is 15.9 Å². The lowest BCUT2D eigenvalue weighted by molar-refractivity contribution is -0.131.